The van der Waals surface area contributed by atoms with Gasteiger partial charge in [0.2, 0.25) is 0 Å². The summed E-state index contributed by atoms with van der Waals surface area (Å²) in [5, 5.41) is 0. The van der Waals surface area contributed by atoms with Crippen LogP contribution in [-0.4, -0.2) is 14.5 Å². The van der Waals surface area contributed by atoms with Gasteiger partial charge in [0.25, 0.3) is 0 Å². The summed E-state index contributed by atoms with van der Waals surface area (Å²) in [6.45, 7) is 3.02. The zero-order valence-corrected chi connectivity index (χ0v) is 11.6. The fraction of sp³-hybridized carbons (Fsp3) is 0.600. The van der Waals surface area contributed by atoms with Gasteiger partial charge in [-0.25, -0.2) is 9.97 Å². The van der Waals surface area contributed by atoms with Gasteiger partial charge in [0.05, 0.1) is 5.54 Å². The third-order valence-corrected chi connectivity index (χ3v) is 4.26. The molecular weight excluding hydrogens is 236 g/mol. The van der Waals surface area contributed by atoms with Gasteiger partial charge in [0.1, 0.15) is 11.3 Å². The highest BCUT2D eigenvalue weighted by atomic mass is 15.2. The first-order chi connectivity index (χ1) is 9.24. The Morgan fingerprint density at radius 2 is 2.00 bits per heavy atom. The van der Waals surface area contributed by atoms with Crippen LogP contribution in [0.15, 0.2) is 18.3 Å². The second-order valence-corrected chi connectivity index (χ2v) is 5.60. The number of hydrogen-bond donors (Lipinski definition) is 1. The molecule has 2 heterocycles. The van der Waals surface area contributed by atoms with Gasteiger partial charge in [-0.1, -0.05) is 25.7 Å². The number of imidazole rings is 1. The Kier molecular flexibility index (Phi) is 3.27. The maximum Gasteiger partial charge on any atom is 0.160 e. The van der Waals surface area contributed by atoms with E-state index in [1.807, 2.05) is 18.3 Å². The quantitative estimate of drug-likeness (QED) is 0.842. The minimum Gasteiger partial charge on any atom is -0.319 e. The Morgan fingerprint density at radius 3 is 2.68 bits per heavy atom. The Bertz CT molecular complexity index is 565. The molecule has 2 aromatic heterocycles. The number of nitrogens with zero attached hydrogens (tertiary/aromatic N) is 3. The summed E-state index contributed by atoms with van der Waals surface area (Å²) >= 11 is 0. The van der Waals surface area contributed by atoms with Gasteiger partial charge in [0, 0.05) is 12.7 Å². The summed E-state index contributed by atoms with van der Waals surface area (Å²) in [6.07, 6.45) is 8.91. The van der Waals surface area contributed by atoms with Crippen molar-refractivity contribution in [3.63, 3.8) is 0 Å². The van der Waals surface area contributed by atoms with Crippen molar-refractivity contribution in [2.75, 3.05) is 0 Å². The molecule has 1 fully saturated rings. The van der Waals surface area contributed by atoms with Gasteiger partial charge >= 0.3 is 0 Å². The topological polar surface area (TPSA) is 56.7 Å². The lowest BCUT2D eigenvalue weighted by molar-refractivity contribution is 0.350. The monoisotopic (exact) mass is 258 g/mol. The molecule has 0 saturated heterocycles. The van der Waals surface area contributed by atoms with Crippen LogP contribution in [0, 0.1) is 0 Å². The predicted molar refractivity (Wildman–Crippen MR) is 76.8 cm³/mol. The van der Waals surface area contributed by atoms with Crippen molar-refractivity contribution in [1.82, 2.24) is 14.5 Å². The average molecular weight is 258 g/mol. The summed E-state index contributed by atoms with van der Waals surface area (Å²) in [6, 6.07) is 3.97. The minimum atomic E-state index is -0.271. The molecule has 0 unspecified atom stereocenters. The highest BCUT2D eigenvalue weighted by Crippen LogP contribution is 2.34. The van der Waals surface area contributed by atoms with Gasteiger partial charge in [-0.05, 0) is 31.9 Å². The molecule has 0 radical (unpaired) electrons. The third kappa shape index (κ3) is 2.14. The fourth-order valence-electron chi connectivity index (χ4n) is 3.22. The van der Waals surface area contributed by atoms with Crippen LogP contribution in [0.2, 0.25) is 0 Å². The number of pyridine rings is 1. The van der Waals surface area contributed by atoms with Crippen LogP contribution in [0.25, 0.3) is 11.2 Å². The summed E-state index contributed by atoms with van der Waals surface area (Å²) < 4.78 is 2.20. The molecule has 2 N–H and O–H groups in total. The zero-order valence-electron chi connectivity index (χ0n) is 11.6. The van der Waals surface area contributed by atoms with E-state index in [1.54, 1.807) is 0 Å². The highest BCUT2D eigenvalue weighted by Gasteiger charge is 2.33. The van der Waals surface area contributed by atoms with E-state index in [9.17, 15) is 0 Å². The highest BCUT2D eigenvalue weighted by molar-refractivity contribution is 5.71. The van der Waals surface area contributed by atoms with Crippen molar-refractivity contribution in [2.24, 2.45) is 5.73 Å². The Hall–Kier alpha value is -1.42. The fourth-order valence-corrected chi connectivity index (χ4v) is 3.22. The largest absolute Gasteiger partial charge is 0.319 e. The Morgan fingerprint density at radius 1 is 1.26 bits per heavy atom. The molecule has 0 aliphatic heterocycles. The maximum absolute atomic E-state index is 6.71. The lowest BCUT2D eigenvalue weighted by Gasteiger charge is -2.27. The van der Waals surface area contributed by atoms with Gasteiger partial charge in [-0.2, -0.15) is 0 Å². The molecule has 102 valence electrons. The molecule has 19 heavy (non-hydrogen) atoms. The van der Waals surface area contributed by atoms with Crippen LogP contribution < -0.4 is 5.73 Å². The smallest absolute Gasteiger partial charge is 0.160 e. The van der Waals surface area contributed by atoms with E-state index < -0.39 is 0 Å². The van der Waals surface area contributed by atoms with E-state index in [0.29, 0.717) is 0 Å². The minimum absolute atomic E-state index is 0.271. The summed E-state index contributed by atoms with van der Waals surface area (Å²) in [7, 11) is 0. The lowest BCUT2D eigenvalue weighted by Crippen LogP contribution is -2.39. The number of rotatable bonds is 2. The molecule has 4 nitrogen and oxygen atoms in total. The molecule has 2 aromatic rings. The third-order valence-electron chi connectivity index (χ3n) is 4.26. The normalized spacial score (nSPS) is 19.5. The molecule has 0 aromatic carbocycles. The summed E-state index contributed by atoms with van der Waals surface area (Å²) in [5.41, 5.74) is 8.37. The van der Waals surface area contributed by atoms with Crippen molar-refractivity contribution in [3.05, 3.63) is 24.2 Å². The predicted octanol–water partition coefficient (Wildman–Crippen LogP) is 2.96. The first-order valence-corrected chi connectivity index (χ1v) is 7.35. The molecule has 3 rings (SSSR count). The van der Waals surface area contributed by atoms with Crippen molar-refractivity contribution < 1.29 is 0 Å². The van der Waals surface area contributed by atoms with Crippen LogP contribution in [0.3, 0.4) is 0 Å². The first kappa shape index (κ1) is 12.6. The maximum atomic E-state index is 6.71. The molecule has 1 saturated carbocycles. The van der Waals surface area contributed by atoms with E-state index in [0.717, 1.165) is 36.4 Å². The van der Waals surface area contributed by atoms with Crippen LogP contribution in [0.1, 0.15) is 51.3 Å². The number of fused-ring (bicyclic) bond motifs is 1. The molecule has 1 aliphatic carbocycles. The van der Waals surface area contributed by atoms with Gasteiger partial charge in [-0.3, -0.25) is 0 Å². The molecule has 0 spiro atoms. The van der Waals surface area contributed by atoms with Crippen molar-refractivity contribution in [3.8, 4) is 0 Å². The van der Waals surface area contributed by atoms with Crippen molar-refractivity contribution >= 4 is 11.2 Å². The zero-order chi connectivity index (χ0) is 13.3. The van der Waals surface area contributed by atoms with E-state index in [2.05, 4.69) is 16.5 Å². The molecule has 1 aliphatic rings. The van der Waals surface area contributed by atoms with Crippen molar-refractivity contribution in [1.29, 1.82) is 0 Å². The van der Waals surface area contributed by atoms with E-state index in [4.69, 9.17) is 10.7 Å². The van der Waals surface area contributed by atoms with Crippen LogP contribution in [0.5, 0.6) is 0 Å². The lowest BCUT2D eigenvalue weighted by atomic mass is 9.90. The molecule has 0 atom stereocenters. The average Bonchev–Trinajstić information content (AvgIpc) is 2.68. The molecular formula is C15H22N4. The number of nitrogens with two attached hydrogens (primary N) is 1. The van der Waals surface area contributed by atoms with E-state index >= 15 is 0 Å². The first-order valence-electron chi connectivity index (χ1n) is 7.35. The number of hydrogen-bond acceptors (Lipinski definition) is 3. The van der Waals surface area contributed by atoms with E-state index in [-0.39, 0.29) is 5.54 Å². The van der Waals surface area contributed by atoms with Gasteiger partial charge in [0.15, 0.2) is 5.65 Å². The van der Waals surface area contributed by atoms with Crippen LogP contribution in [-0.2, 0) is 12.1 Å². The van der Waals surface area contributed by atoms with E-state index in [1.165, 1.54) is 25.7 Å². The summed E-state index contributed by atoms with van der Waals surface area (Å²) in [5.74, 6) is 1.03. The SMILES string of the molecule is CCn1c(C2(N)CCCCCC2)nc2cccnc21. The second-order valence-electron chi connectivity index (χ2n) is 5.60. The number of aromatic nitrogens is 3. The molecule has 4 heteroatoms. The standard InChI is InChI=1S/C15H22N4/c1-2-19-13-12(8-7-11-17-13)18-14(19)15(16)9-5-3-4-6-10-15/h7-8,11H,2-6,9-10,16H2,1H3. The van der Waals surface area contributed by atoms with Crippen molar-refractivity contribution in [2.45, 2.75) is 57.5 Å². The Balaban J connectivity index is 2.12. The van der Waals surface area contributed by atoms with Crippen LogP contribution >= 0.6 is 0 Å². The summed E-state index contributed by atoms with van der Waals surface area (Å²) in [4.78, 5) is 9.26. The molecule has 0 amide bonds. The second kappa shape index (κ2) is 4.93. The molecule has 0 bridgehead atoms. The van der Waals surface area contributed by atoms with Gasteiger partial charge < -0.3 is 10.3 Å². The van der Waals surface area contributed by atoms with Crippen LogP contribution in [0.4, 0.5) is 0 Å². The number of aryl methyl sites for hydroxylation is 1. The Labute approximate surface area is 114 Å². The van der Waals surface area contributed by atoms with Gasteiger partial charge in [-0.15, -0.1) is 0 Å².